The van der Waals surface area contributed by atoms with Crippen LogP contribution in [0.15, 0.2) is 24.3 Å². The minimum atomic E-state index is -4.96. The van der Waals surface area contributed by atoms with Crippen LogP contribution >= 0.6 is 15.6 Å². The molecule has 0 bridgehead atoms. The quantitative estimate of drug-likeness (QED) is 0.0169. The van der Waals surface area contributed by atoms with E-state index >= 15 is 0 Å². The van der Waals surface area contributed by atoms with E-state index in [1.165, 1.54) is 173 Å². The fourth-order valence-electron chi connectivity index (χ4n) is 11.5. The molecule has 0 heterocycles. The first-order chi connectivity index (χ1) is 47.3. The number of allylic oxidation sites excluding steroid dienone is 4. The van der Waals surface area contributed by atoms with Crippen molar-refractivity contribution in [3.63, 3.8) is 0 Å². The third-order valence-electron chi connectivity index (χ3n) is 18.5. The van der Waals surface area contributed by atoms with Crippen LogP contribution in [0.3, 0.4) is 0 Å². The normalized spacial score (nSPS) is 14.7. The van der Waals surface area contributed by atoms with Crippen LogP contribution in [-0.2, 0) is 65.4 Å². The molecule has 0 amide bonds. The first-order valence-corrected chi connectivity index (χ1v) is 43.2. The standard InChI is InChI=1S/C79H150O17P2/c1-8-11-12-13-14-15-16-17-22-27-30-33-39-48-55-62-78(83)95-75(67-90-77(82)61-54-47-42-41-45-52-59-72(7)10-3)69-94-98(87,88)92-65-73(80)64-91-97(85,86)93-68-74(96-79(84)63-56-49-40-35-34-36-43-50-57-70(4)5)66-89-76(81)60-53-46-38-32-29-26-24-21-19-18-20-23-25-28-31-37-44-51-58-71(6)9-2/h15-17,22,70-75,80H,8-14,18-21,23-69H2,1-7H3,(H,85,86)(H,87,88)/b16-15-,22-17-/t71?,72?,73-,74-,75-/m1/s1. The molecule has 0 saturated heterocycles. The van der Waals surface area contributed by atoms with E-state index in [1.54, 1.807) is 0 Å². The van der Waals surface area contributed by atoms with Crippen molar-refractivity contribution in [1.29, 1.82) is 0 Å². The molecule has 0 rings (SSSR count). The highest BCUT2D eigenvalue weighted by molar-refractivity contribution is 7.47. The van der Waals surface area contributed by atoms with Crippen molar-refractivity contribution < 1.29 is 80.2 Å². The van der Waals surface area contributed by atoms with Gasteiger partial charge < -0.3 is 33.8 Å². The van der Waals surface area contributed by atoms with Gasteiger partial charge in [0.1, 0.15) is 19.3 Å². The van der Waals surface area contributed by atoms with Crippen LogP contribution in [0.5, 0.6) is 0 Å². The van der Waals surface area contributed by atoms with Gasteiger partial charge in [0, 0.05) is 25.7 Å². The highest BCUT2D eigenvalue weighted by Gasteiger charge is 2.30. The van der Waals surface area contributed by atoms with E-state index in [0.717, 1.165) is 121 Å². The van der Waals surface area contributed by atoms with Crippen molar-refractivity contribution in [2.45, 2.75) is 401 Å². The summed E-state index contributed by atoms with van der Waals surface area (Å²) in [5.41, 5.74) is 0. The highest BCUT2D eigenvalue weighted by Crippen LogP contribution is 2.45. The Kier molecular flexibility index (Phi) is 67.2. The number of aliphatic hydroxyl groups excluding tert-OH is 1. The first kappa shape index (κ1) is 95.5. The van der Waals surface area contributed by atoms with E-state index in [1.807, 2.05) is 0 Å². The molecule has 0 aliphatic heterocycles. The number of carbonyl (C=O) groups excluding carboxylic acids is 4. The molecule has 7 atom stereocenters. The molecular formula is C79H150O17P2. The first-order valence-electron chi connectivity index (χ1n) is 40.2. The molecule has 0 aromatic heterocycles. The lowest BCUT2D eigenvalue weighted by atomic mass is 9.99. The van der Waals surface area contributed by atoms with Crippen LogP contribution in [0.25, 0.3) is 0 Å². The van der Waals surface area contributed by atoms with Crippen molar-refractivity contribution >= 4 is 39.5 Å². The lowest BCUT2D eigenvalue weighted by Crippen LogP contribution is -2.30. The summed E-state index contributed by atoms with van der Waals surface area (Å²) in [6, 6.07) is 0. The number of phosphoric ester groups is 2. The second-order valence-electron chi connectivity index (χ2n) is 28.7. The SMILES string of the molecule is CCCCCC/C=C\C=C/CCCCCCCC(=O)O[C@H](COC(=O)CCCCCCCCC(C)CC)COP(=O)(O)OC[C@H](O)COP(=O)(O)OC[C@@H](COC(=O)CCCCCCCCCCCCCCCCCCCCC(C)CC)OC(=O)CCCCCCCCCCC(C)C. The Labute approximate surface area is 599 Å². The van der Waals surface area contributed by atoms with Gasteiger partial charge in [-0.3, -0.25) is 37.3 Å². The number of aliphatic hydroxyl groups is 1. The molecular weight excluding hydrogens is 1280 g/mol. The third-order valence-corrected chi connectivity index (χ3v) is 20.4. The largest absolute Gasteiger partial charge is 0.472 e. The summed E-state index contributed by atoms with van der Waals surface area (Å²) in [6.07, 6.45) is 59.3. The smallest absolute Gasteiger partial charge is 0.462 e. The van der Waals surface area contributed by atoms with E-state index in [-0.39, 0.29) is 25.7 Å². The van der Waals surface area contributed by atoms with Gasteiger partial charge in [0.05, 0.1) is 26.4 Å². The molecule has 0 aromatic carbocycles. The Hall–Kier alpha value is -2.46. The number of esters is 4. The summed E-state index contributed by atoms with van der Waals surface area (Å²) < 4.78 is 68.5. The predicted molar refractivity (Wildman–Crippen MR) is 400 cm³/mol. The molecule has 19 heteroatoms. The topological polar surface area (TPSA) is 237 Å². The zero-order valence-electron chi connectivity index (χ0n) is 63.7. The van der Waals surface area contributed by atoms with Crippen LogP contribution in [0, 0.1) is 17.8 Å². The minimum Gasteiger partial charge on any atom is -0.462 e. The molecule has 578 valence electrons. The highest BCUT2D eigenvalue weighted by atomic mass is 31.2. The summed E-state index contributed by atoms with van der Waals surface area (Å²) in [5, 5.41) is 10.6. The van der Waals surface area contributed by atoms with E-state index < -0.39 is 97.5 Å². The van der Waals surface area contributed by atoms with Crippen LogP contribution < -0.4 is 0 Å². The Morgan fingerprint density at radius 2 is 0.602 bits per heavy atom. The van der Waals surface area contributed by atoms with Gasteiger partial charge in [-0.15, -0.1) is 0 Å². The molecule has 0 aliphatic rings. The fraction of sp³-hybridized carbons (Fsp3) is 0.899. The number of unbranched alkanes of at least 4 members (excludes halogenated alkanes) is 38. The molecule has 0 saturated carbocycles. The second kappa shape index (κ2) is 68.9. The van der Waals surface area contributed by atoms with E-state index in [2.05, 4.69) is 72.8 Å². The van der Waals surface area contributed by atoms with Gasteiger partial charge >= 0.3 is 39.5 Å². The van der Waals surface area contributed by atoms with Gasteiger partial charge in [-0.05, 0) is 69.1 Å². The van der Waals surface area contributed by atoms with Gasteiger partial charge in [-0.2, -0.15) is 0 Å². The fourth-order valence-corrected chi connectivity index (χ4v) is 13.1. The zero-order chi connectivity index (χ0) is 72.3. The van der Waals surface area contributed by atoms with Crippen molar-refractivity contribution in [2.24, 2.45) is 17.8 Å². The number of phosphoric acid groups is 2. The van der Waals surface area contributed by atoms with Crippen molar-refractivity contribution in [3.05, 3.63) is 24.3 Å². The van der Waals surface area contributed by atoms with Crippen molar-refractivity contribution in [2.75, 3.05) is 39.6 Å². The summed E-state index contributed by atoms with van der Waals surface area (Å²) >= 11 is 0. The molecule has 0 spiro atoms. The lowest BCUT2D eigenvalue weighted by Gasteiger charge is -2.21. The summed E-state index contributed by atoms with van der Waals surface area (Å²) in [6.45, 7) is 11.8. The number of hydrogen-bond acceptors (Lipinski definition) is 15. The molecule has 4 unspecified atom stereocenters. The monoisotopic (exact) mass is 1430 g/mol. The summed E-state index contributed by atoms with van der Waals surface area (Å²) in [4.78, 5) is 72.8. The van der Waals surface area contributed by atoms with Gasteiger partial charge in [-0.1, -0.05) is 330 Å². The number of rotatable bonds is 75. The molecule has 0 radical (unpaired) electrons. The lowest BCUT2D eigenvalue weighted by molar-refractivity contribution is -0.161. The van der Waals surface area contributed by atoms with Gasteiger partial charge in [-0.25, -0.2) is 9.13 Å². The van der Waals surface area contributed by atoms with Crippen molar-refractivity contribution in [1.82, 2.24) is 0 Å². The number of hydrogen-bond donors (Lipinski definition) is 3. The van der Waals surface area contributed by atoms with Gasteiger partial charge in [0.25, 0.3) is 0 Å². The maximum absolute atomic E-state index is 13.1. The average molecular weight is 1430 g/mol. The Morgan fingerprint density at radius 3 is 0.908 bits per heavy atom. The molecule has 0 fully saturated rings. The van der Waals surface area contributed by atoms with E-state index in [0.29, 0.717) is 31.6 Å². The molecule has 0 aromatic rings. The average Bonchev–Trinajstić information content (AvgIpc) is 1.80. The Morgan fingerprint density at radius 1 is 0.337 bits per heavy atom. The van der Waals surface area contributed by atoms with E-state index in [4.69, 9.17) is 37.0 Å². The number of carbonyl (C=O) groups is 4. The number of ether oxygens (including phenoxy) is 4. The minimum absolute atomic E-state index is 0.0838. The molecule has 17 nitrogen and oxygen atoms in total. The molecule has 0 aliphatic carbocycles. The summed E-state index contributed by atoms with van der Waals surface area (Å²) in [5.74, 6) is 0.167. The van der Waals surface area contributed by atoms with Crippen LogP contribution in [0.1, 0.15) is 382 Å². The maximum Gasteiger partial charge on any atom is 0.472 e. The zero-order valence-corrected chi connectivity index (χ0v) is 65.5. The van der Waals surface area contributed by atoms with Crippen molar-refractivity contribution in [3.8, 4) is 0 Å². The van der Waals surface area contributed by atoms with Gasteiger partial charge in [0.15, 0.2) is 12.2 Å². The molecule has 3 N–H and O–H groups in total. The van der Waals surface area contributed by atoms with E-state index in [9.17, 15) is 43.2 Å². The second-order valence-corrected chi connectivity index (χ2v) is 31.6. The summed E-state index contributed by atoms with van der Waals surface area (Å²) in [7, 11) is -9.93. The third kappa shape index (κ3) is 69.3. The van der Waals surface area contributed by atoms with Crippen LogP contribution in [-0.4, -0.2) is 96.7 Å². The predicted octanol–water partition coefficient (Wildman–Crippen LogP) is 22.9. The van der Waals surface area contributed by atoms with Gasteiger partial charge in [0.2, 0.25) is 0 Å². The Bertz CT molecular complexity index is 2000. The maximum atomic E-state index is 13.1. The van der Waals surface area contributed by atoms with Crippen LogP contribution in [0.4, 0.5) is 0 Å². The Balaban J connectivity index is 5.18. The van der Waals surface area contributed by atoms with Crippen LogP contribution in [0.2, 0.25) is 0 Å². The molecule has 98 heavy (non-hydrogen) atoms.